The van der Waals surface area contributed by atoms with Gasteiger partial charge in [0.1, 0.15) is 25.0 Å². The number of H-pyrrole nitrogens is 1. The number of amides is 5. The minimum atomic E-state index is -1.51. The summed E-state index contributed by atoms with van der Waals surface area (Å²) < 4.78 is 9.91. The number of rotatable bonds is 44. The number of carbonyl (C=O) groups excluding carboxylic acids is 9. The van der Waals surface area contributed by atoms with Gasteiger partial charge in [-0.1, -0.05) is 83.2 Å². The van der Waals surface area contributed by atoms with Crippen molar-refractivity contribution < 1.29 is 87.7 Å². The number of benzene rings is 2. The van der Waals surface area contributed by atoms with Crippen LogP contribution in [0, 0.1) is 41.4 Å². The van der Waals surface area contributed by atoms with Gasteiger partial charge in [-0.2, -0.15) is 0 Å². The molecule has 0 spiro atoms. The van der Waals surface area contributed by atoms with Gasteiger partial charge in [0.2, 0.25) is 29.5 Å². The Labute approximate surface area is 535 Å². The smallest absolute Gasteiger partial charge is 0.309 e. The van der Waals surface area contributed by atoms with Crippen LogP contribution in [0.3, 0.4) is 0 Å². The van der Waals surface area contributed by atoms with Crippen molar-refractivity contribution in [2.75, 3.05) is 46.6 Å². The molecule has 1 heterocycles. The van der Waals surface area contributed by atoms with E-state index in [0.29, 0.717) is 17.5 Å². The fourth-order valence-corrected chi connectivity index (χ4v) is 11.4. The monoisotopic (exact) mass is 1290 g/mol. The summed E-state index contributed by atoms with van der Waals surface area (Å²) in [6.45, 7) is 3.11. The number of carboxylic acids is 2. The van der Waals surface area contributed by atoms with Crippen molar-refractivity contribution in [3.8, 4) is 5.75 Å². The molecule has 0 unspecified atom stereocenters. The molecule has 1 aromatic heterocycles. The van der Waals surface area contributed by atoms with Crippen molar-refractivity contribution in [3.63, 3.8) is 0 Å². The van der Waals surface area contributed by atoms with Gasteiger partial charge in [-0.3, -0.25) is 57.7 Å². The molecule has 2 aromatic carbocycles. The number of nitrogens with one attached hydrogen (secondary N) is 6. The van der Waals surface area contributed by atoms with Gasteiger partial charge in [-0.15, -0.1) is 0 Å². The zero-order valence-electron chi connectivity index (χ0n) is 53.2. The number of ether oxygens (including phenoxy) is 2. The second-order valence-electron chi connectivity index (χ2n) is 24.4. The molecule has 92 heavy (non-hydrogen) atoms. The third-order valence-electron chi connectivity index (χ3n) is 16.4. The van der Waals surface area contributed by atoms with Crippen molar-refractivity contribution in [2.45, 2.75) is 161 Å². The number of aromatic amines is 1. The first-order chi connectivity index (χ1) is 43.8. The number of hydrogen-bond donors (Lipinski definition) is 13. The van der Waals surface area contributed by atoms with Crippen molar-refractivity contribution in [3.05, 3.63) is 65.9 Å². The van der Waals surface area contributed by atoms with Crippen LogP contribution in [0.5, 0.6) is 5.75 Å². The first-order valence-corrected chi connectivity index (χ1v) is 31.6. The third kappa shape index (κ3) is 27.3. The molecule has 4 rings (SSSR count). The fraction of sp³-hybridized carbons (Fsp3) is 0.600. The minimum Gasteiger partial charge on any atom is -0.508 e. The maximum atomic E-state index is 14.8. The molecule has 1 saturated carbocycles. The topological polar surface area (TPSA) is 448 Å². The summed E-state index contributed by atoms with van der Waals surface area (Å²) in [5.41, 5.74) is 13.0. The van der Waals surface area contributed by atoms with Crippen LogP contribution in [0.25, 0.3) is 10.9 Å². The molecule has 9 atom stereocenters. The van der Waals surface area contributed by atoms with Gasteiger partial charge in [-0.05, 0) is 86.1 Å². The molecule has 0 radical (unpaired) electrons. The molecule has 27 nitrogen and oxygen atoms in total. The highest BCUT2D eigenvalue weighted by Crippen LogP contribution is 2.30. The summed E-state index contributed by atoms with van der Waals surface area (Å²) >= 11 is 0. The lowest BCUT2D eigenvalue weighted by atomic mass is 9.83. The molecule has 1 aliphatic rings. The number of ketones is 3. The van der Waals surface area contributed by atoms with Crippen LogP contribution in [0.4, 0.5) is 0 Å². The van der Waals surface area contributed by atoms with Crippen LogP contribution in [-0.4, -0.2) is 172 Å². The second kappa shape index (κ2) is 39.8. The van der Waals surface area contributed by atoms with Gasteiger partial charge in [0.25, 0.3) is 0 Å². The largest absolute Gasteiger partial charge is 0.508 e. The number of aliphatic carboxylic acids is 2. The van der Waals surface area contributed by atoms with E-state index in [0.717, 1.165) is 43.0 Å². The third-order valence-corrected chi connectivity index (χ3v) is 16.4. The SMILES string of the molecule is COCC(=O)NCCOC(=O)C[C@@H](CC(=O)O)C(=O)N[C@H](CC[C@@H](C)C(=O)N[C@H](CO)C(=O)C[C@H](CCCN=C(N)N)C(=O)N[C@@H](Cc1ccc(O)cc1)C(=O)C[C@@H](CC(C)C)C(=O)N[C@@H](Cc1c[nH]c2ccccc12)C(=O)C[C@@H](CO)C(=O)O)CC1CCCCC1. The van der Waals surface area contributed by atoms with E-state index >= 15 is 0 Å². The first kappa shape index (κ1) is 76.2. The number of phenolic OH excluding ortho intramolecular Hbond substituents is 1. The van der Waals surface area contributed by atoms with Gasteiger partial charge in [0.05, 0.1) is 56.5 Å². The zero-order valence-corrected chi connectivity index (χ0v) is 53.2. The molecular weight excluding hydrogens is 1190 g/mol. The van der Waals surface area contributed by atoms with Crippen LogP contribution in [0.15, 0.2) is 59.7 Å². The quantitative estimate of drug-likeness (QED) is 0.0167. The van der Waals surface area contributed by atoms with E-state index in [1.165, 1.54) is 31.4 Å². The number of carbonyl (C=O) groups is 11. The normalized spacial score (nSPS) is 15.4. The molecule has 27 heteroatoms. The highest BCUT2D eigenvalue weighted by atomic mass is 16.5. The molecule has 5 amide bonds. The number of aromatic hydroxyl groups is 1. The summed E-state index contributed by atoms with van der Waals surface area (Å²) in [5, 5.41) is 64.3. The van der Waals surface area contributed by atoms with Gasteiger partial charge in [0, 0.05) is 80.2 Å². The van der Waals surface area contributed by atoms with E-state index in [2.05, 4.69) is 36.6 Å². The maximum Gasteiger partial charge on any atom is 0.309 e. The van der Waals surface area contributed by atoms with Crippen LogP contribution in [0.1, 0.15) is 135 Å². The summed E-state index contributed by atoms with van der Waals surface area (Å²) in [4.78, 5) is 155. The Hall–Kier alpha value is -8.30. The summed E-state index contributed by atoms with van der Waals surface area (Å²) in [5.74, 6) is -15.0. The van der Waals surface area contributed by atoms with Crippen molar-refractivity contribution >= 4 is 81.7 Å². The highest BCUT2D eigenvalue weighted by Gasteiger charge is 2.36. The first-order valence-electron chi connectivity index (χ1n) is 31.6. The lowest BCUT2D eigenvalue weighted by Crippen LogP contribution is -2.50. The number of phenols is 1. The number of carboxylic acid groups (broad SMARTS) is 2. The number of para-hydroxylation sites is 1. The number of nitrogens with two attached hydrogens (primary N) is 2. The van der Waals surface area contributed by atoms with Gasteiger partial charge < -0.3 is 78.0 Å². The predicted octanol–water partition coefficient (Wildman–Crippen LogP) is 2.67. The van der Waals surface area contributed by atoms with E-state index < -0.39 is 164 Å². The van der Waals surface area contributed by atoms with E-state index in [1.54, 1.807) is 19.2 Å². The Morgan fingerprint density at radius 2 is 1.28 bits per heavy atom. The summed E-state index contributed by atoms with van der Waals surface area (Å²) in [7, 11) is 1.34. The Morgan fingerprint density at radius 3 is 1.90 bits per heavy atom. The molecule has 0 aliphatic heterocycles. The van der Waals surface area contributed by atoms with Crippen LogP contribution < -0.4 is 38.1 Å². The van der Waals surface area contributed by atoms with Crippen LogP contribution >= 0.6 is 0 Å². The standard InChI is InChI=1S/C65H95N9O18/c1-38(2)25-43(63(88)73-52(55(79)31-46(35-75)64(89)90)28-45-34-70-50-15-9-8-14-49(45)50)30-54(78)51(27-41-17-20-48(77)21-18-41)72-61(86)42(13-10-22-69-65(66)67)29-56(80)53(36-76)74-60(85)39(3)16-19-47(26-40-11-6-5-7-12-40)71-62(87)44(32-58(82)83)33-59(84)92-24-23-68-57(81)37-91-4/h8-9,14-15,17-18,20-21,34,38-40,42-44,46-47,51-53,70,75-77H,5-7,10-13,16,19,22-33,35-37H2,1-4H3,(H,68,81)(H,71,87)(H,72,86)(H,73,88)(H,74,85)(H,82,83)(H,89,90)(H4,66,67,69)/t39-,42+,43-,44-,46+,47-,51+,52+,53-/m1/s1. The minimum absolute atomic E-state index is 0.0300. The molecule has 0 bridgehead atoms. The zero-order chi connectivity index (χ0) is 67.9. The van der Waals surface area contributed by atoms with Crippen molar-refractivity contribution in [2.24, 2.45) is 57.9 Å². The number of nitrogens with zero attached hydrogens (tertiary/aromatic N) is 1. The Bertz CT molecular complexity index is 2960. The van der Waals surface area contributed by atoms with Gasteiger partial charge >= 0.3 is 17.9 Å². The Morgan fingerprint density at radius 1 is 0.674 bits per heavy atom. The molecular formula is C65H95N9O18. The molecule has 508 valence electrons. The molecule has 15 N–H and O–H groups in total. The highest BCUT2D eigenvalue weighted by molar-refractivity contribution is 5.97. The average molecular weight is 1290 g/mol. The molecule has 3 aromatic rings. The summed E-state index contributed by atoms with van der Waals surface area (Å²) in [6, 6.07) is 8.38. The number of guanidine groups is 1. The molecule has 1 fully saturated rings. The molecule has 0 saturated heterocycles. The lowest BCUT2D eigenvalue weighted by molar-refractivity contribution is -0.149. The Kier molecular flexibility index (Phi) is 33.0. The van der Waals surface area contributed by atoms with Gasteiger partial charge in [-0.25, -0.2) is 0 Å². The number of hydrogen-bond acceptors (Lipinski definition) is 17. The fourth-order valence-electron chi connectivity index (χ4n) is 11.4. The lowest BCUT2D eigenvalue weighted by Gasteiger charge is -2.29. The maximum absolute atomic E-state index is 14.8. The van der Waals surface area contributed by atoms with Crippen LogP contribution in [0.2, 0.25) is 0 Å². The molecule has 1 aliphatic carbocycles. The number of fused-ring (bicyclic) bond motifs is 1. The number of aromatic nitrogens is 1. The number of Topliss-reactive ketones (excluding diaryl/α,β-unsaturated/α-hetero) is 3. The van der Waals surface area contributed by atoms with Crippen LogP contribution in [-0.2, 0) is 75.1 Å². The second-order valence-corrected chi connectivity index (χ2v) is 24.4. The average Bonchev–Trinajstić information content (AvgIpc) is 1.82. The van der Waals surface area contributed by atoms with E-state index in [-0.39, 0.29) is 94.8 Å². The van der Waals surface area contributed by atoms with Gasteiger partial charge in [0.15, 0.2) is 23.3 Å². The van der Waals surface area contributed by atoms with Crippen molar-refractivity contribution in [1.82, 2.24) is 31.6 Å². The number of aliphatic hydroxyl groups excluding tert-OH is 2. The number of esters is 1. The summed E-state index contributed by atoms with van der Waals surface area (Å²) in [6.07, 6.45) is 4.54. The Balaban J connectivity index is 1.54. The van der Waals surface area contributed by atoms with E-state index in [1.807, 2.05) is 32.0 Å². The number of aliphatic hydroxyl groups is 2. The van der Waals surface area contributed by atoms with E-state index in [9.17, 15) is 78.3 Å². The van der Waals surface area contributed by atoms with Crippen molar-refractivity contribution in [1.29, 1.82) is 0 Å². The number of methoxy groups -OCH3 is 1. The predicted molar refractivity (Wildman–Crippen MR) is 338 cm³/mol. The number of aliphatic imine (C=N–C) groups is 1. The van der Waals surface area contributed by atoms with E-state index in [4.69, 9.17) is 20.9 Å².